The molecule has 0 radical (unpaired) electrons. The summed E-state index contributed by atoms with van der Waals surface area (Å²) >= 11 is 4.41. The van der Waals surface area contributed by atoms with Crippen LogP contribution < -0.4 is 5.32 Å². The number of rotatable bonds is 6. The van der Waals surface area contributed by atoms with Gasteiger partial charge in [0.25, 0.3) is 11.1 Å². The van der Waals surface area contributed by atoms with Gasteiger partial charge in [-0.2, -0.15) is 0 Å². The Morgan fingerprint density at radius 2 is 2.13 bits per heavy atom. The first-order chi connectivity index (χ1) is 14.5. The van der Waals surface area contributed by atoms with E-state index in [9.17, 15) is 14.4 Å². The number of nitrogens with one attached hydrogen (secondary N) is 1. The van der Waals surface area contributed by atoms with E-state index in [0.717, 1.165) is 21.1 Å². The minimum atomic E-state index is -0.306. The maximum absolute atomic E-state index is 12.9. The number of aromatic nitrogens is 1. The summed E-state index contributed by atoms with van der Waals surface area (Å²) < 4.78 is 6.12. The Balaban J connectivity index is 1.57. The third-order valence-electron chi connectivity index (χ3n) is 4.46. The Labute approximate surface area is 184 Å². The molecule has 7 nitrogen and oxygen atoms in total. The number of fused-ring (bicyclic) bond motifs is 1. The average molecular weight is 486 g/mol. The predicted octanol–water partition coefficient (Wildman–Crippen LogP) is 4.19. The summed E-state index contributed by atoms with van der Waals surface area (Å²) in [5.74, 6) is 0.292. The summed E-state index contributed by atoms with van der Waals surface area (Å²) in [6.07, 6.45) is 5.13. The highest BCUT2D eigenvalue weighted by atomic mass is 79.9. The predicted molar refractivity (Wildman–Crippen MR) is 119 cm³/mol. The molecular formula is C21H16BrN3O4S. The first kappa shape index (κ1) is 20.4. The van der Waals surface area contributed by atoms with Gasteiger partial charge < -0.3 is 9.73 Å². The fraction of sp³-hybridized carbons (Fsp3) is 0.143. The van der Waals surface area contributed by atoms with Crippen molar-refractivity contribution in [3.8, 4) is 0 Å². The van der Waals surface area contributed by atoms with Crippen LogP contribution in [0, 0.1) is 0 Å². The monoisotopic (exact) mass is 485 g/mol. The number of carbonyl (C=O) groups excluding carboxylic acids is 3. The summed E-state index contributed by atoms with van der Waals surface area (Å²) in [5.41, 5.74) is 1.73. The van der Waals surface area contributed by atoms with E-state index in [1.807, 2.05) is 24.3 Å². The van der Waals surface area contributed by atoms with Gasteiger partial charge in [0, 0.05) is 22.9 Å². The first-order valence-corrected chi connectivity index (χ1v) is 10.9. The lowest BCUT2D eigenvalue weighted by Gasteiger charge is -2.14. The minimum absolute atomic E-state index is 0.147. The van der Waals surface area contributed by atoms with E-state index in [0.29, 0.717) is 27.9 Å². The second-order valence-corrected chi connectivity index (χ2v) is 8.30. The van der Waals surface area contributed by atoms with Crippen LogP contribution in [0.3, 0.4) is 0 Å². The van der Waals surface area contributed by atoms with Crippen LogP contribution in [0.15, 0.2) is 51.6 Å². The number of benzene rings is 1. The summed E-state index contributed by atoms with van der Waals surface area (Å²) in [6, 6.07) is 10.8. The third-order valence-corrected chi connectivity index (χ3v) is 5.81. The maximum atomic E-state index is 12.9. The van der Waals surface area contributed by atoms with E-state index in [1.54, 1.807) is 30.5 Å². The quantitative estimate of drug-likeness (QED) is 0.562. The van der Waals surface area contributed by atoms with Crippen LogP contribution >= 0.6 is 27.7 Å². The number of hydrogen-bond acceptors (Lipinski definition) is 6. The van der Waals surface area contributed by atoms with Crippen LogP contribution in [0.4, 0.5) is 4.79 Å². The molecule has 2 aromatic heterocycles. The minimum Gasteiger partial charge on any atom is -0.465 e. The van der Waals surface area contributed by atoms with Gasteiger partial charge in [-0.05, 0) is 48.6 Å². The lowest BCUT2D eigenvalue weighted by Crippen LogP contribution is -2.37. The standard InChI is InChI=1S/C21H16BrN3O4S/c22-13-3-6-18-16(10-13)17(11-14(24-18)4-5-15-2-1-9-29-15)20(27)23-7-8-25-19(26)12-30-21(25)28/h1-6,9-11H,7-8,12H2,(H,23,27)/b5-4+. The van der Waals surface area contributed by atoms with Crippen molar-refractivity contribution in [1.29, 1.82) is 0 Å². The summed E-state index contributed by atoms with van der Waals surface area (Å²) in [6.45, 7) is 0.320. The number of furan rings is 1. The van der Waals surface area contributed by atoms with Crippen molar-refractivity contribution in [3.63, 3.8) is 0 Å². The first-order valence-electron chi connectivity index (χ1n) is 9.08. The van der Waals surface area contributed by atoms with Crippen molar-refractivity contribution in [1.82, 2.24) is 15.2 Å². The van der Waals surface area contributed by atoms with Crippen molar-refractivity contribution in [2.75, 3.05) is 18.8 Å². The maximum Gasteiger partial charge on any atom is 0.288 e. The molecule has 4 rings (SSSR count). The lowest BCUT2D eigenvalue weighted by molar-refractivity contribution is -0.124. The van der Waals surface area contributed by atoms with Gasteiger partial charge in [0.05, 0.1) is 28.8 Å². The molecule has 0 aliphatic carbocycles. The number of pyridine rings is 1. The number of thioether (sulfide) groups is 1. The number of nitrogens with zero attached hydrogens (tertiary/aromatic N) is 2. The Hall–Kier alpha value is -2.91. The van der Waals surface area contributed by atoms with Crippen LogP contribution in [-0.2, 0) is 4.79 Å². The molecule has 1 aliphatic rings. The molecule has 30 heavy (non-hydrogen) atoms. The Morgan fingerprint density at radius 1 is 1.27 bits per heavy atom. The van der Waals surface area contributed by atoms with Crippen molar-refractivity contribution < 1.29 is 18.8 Å². The molecule has 1 saturated heterocycles. The molecule has 0 saturated carbocycles. The average Bonchev–Trinajstić information content (AvgIpc) is 3.36. The van der Waals surface area contributed by atoms with Gasteiger partial charge in [-0.1, -0.05) is 27.7 Å². The second kappa shape index (κ2) is 8.85. The molecule has 1 N–H and O–H groups in total. The fourth-order valence-electron chi connectivity index (χ4n) is 3.02. The molecule has 0 spiro atoms. The van der Waals surface area contributed by atoms with Gasteiger partial charge in [0.15, 0.2) is 0 Å². The zero-order valence-corrected chi connectivity index (χ0v) is 18.0. The fourth-order valence-corrected chi connectivity index (χ4v) is 4.13. The van der Waals surface area contributed by atoms with Crippen molar-refractivity contribution in [3.05, 3.63) is 64.2 Å². The van der Waals surface area contributed by atoms with E-state index in [2.05, 4.69) is 26.2 Å². The molecule has 9 heteroatoms. The van der Waals surface area contributed by atoms with E-state index in [-0.39, 0.29) is 35.9 Å². The lowest BCUT2D eigenvalue weighted by atomic mass is 10.1. The molecule has 1 fully saturated rings. The molecule has 1 aliphatic heterocycles. The molecule has 3 aromatic rings. The molecule has 0 unspecified atom stereocenters. The van der Waals surface area contributed by atoms with E-state index in [4.69, 9.17) is 4.42 Å². The zero-order chi connectivity index (χ0) is 21.1. The molecule has 1 aromatic carbocycles. The Kier molecular flexibility index (Phi) is 6.01. The number of amides is 3. The van der Waals surface area contributed by atoms with Crippen LogP contribution in [-0.4, -0.2) is 45.8 Å². The highest BCUT2D eigenvalue weighted by molar-refractivity contribution is 9.10. The number of hydrogen-bond donors (Lipinski definition) is 1. The molecule has 3 amide bonds. The van der Waals surface area contributed by atoms with Gasteiger partial charge in [0.2, 0.25) is 5.91 Å². The van der Waals surface area contributed by atoms with Crippen LogP contribution in [0.1, 0.15) is 21.8 Å². The van der Waals surface area contributed by atoms with Crippen molar-refractivity contribution in [2.24, 2.45) is 0 Å². The Morgan fingerprint density at radius 3 is 2.87 bits per heavy atom. The highest BCUT2D eigenvalue weighted by Crippen LogP contribution is 2.24. The molecule has 0 atom stereocenters. The number of imide groups is 1. The summed E-state index contributed by atoms with van der Waals surface area (Å²) in [7, 11) is 0. The molecule has 152 valence electrons. The zero-order valence-electron chi connectivity index (χ0n) is 15.6. The van der Waals surface area contributed by atoms with Crippen LogP contribution in [0.2, 0.25) is 0 Å². The SMILES string of the molecule is O=C(NCCN1C(=O)CSC1=O)c1cc(/C=C/c2ccco2)nc2ccc(Br)cc12. The smallest absolute Gasteiger partial charge is 0.288 e. The largest absolute Gasteiger partial charge is 0.465 e. The van der Waals surface area contributed by atoms with Crippen LogP contribution in [0.25, 0.3) is 23.1 Å². The molecule has 0 bridgehead atoms. The molecule has 3 heterocycles. The summed E-state index contributed by atoms with van der Waals surface area (Å²) in [4.78, 5) is 42.0. The van der Waals surface area contributed by atoms with Crippen LogP contribution in [0.5, 0.6) is 0 Å². The normalized spacial score (nSPS) is 14.2. The second-order valence-electron chi connectivity index (χ2n) is 6.46. The molecular weight excluding hydrogens is 470 g/mol. The highest BCUT2D eigenvalue weighted by Gasteiger charge is 2.29. The van der Waals surface area contributed by atoms with Gasteiger partial charge in [0.1, 0.15) is 5.76 Å². The topological polar surface area (TPSA) is 92.5 Å². The Bertz CT molecular complexity index is 1140. The van der Waals surface area contributed by atoms with Crippen molar-refractivity contribution >= 4 is 67.8 Å². The van der Waals surface area contributed by atoms with E-state index < -0.39 is 0 Å². The van der Waals surface area contributed by atoms with Gasteiger partial charge in [-0.15, -0.1) is 0 Å². The van der Waals surface area contributed by atoms with Gasteiger partial charge >= 0.3 is 0 Å². The van der Waals surface area contributed by atoms with Gasteiger partial charge in [-0.25, -0.2) is 4.98 Å². The number of halogens is 1. The number of carbonyl (C=O) groups is 3. The third kappa shape index (κ3) is 4.47. The summed E-state index contributed by atoms with van der Waals surface area (Å²) in [5, 5.41) is 3.21. The van der Waals surface area contributed by atoms with Gasteiger partial charge in [-0.3, -0.25) is 19.3 Å². The van der Waals surface area contributed by atoms with Crippen molar-refractivity contribution in [2.45, 2.75) is 0 Å². The van der Waals surface area contributed by atoms with E-state index >= 15 is 0 Å². The van der Waals surface area contributed by atoms with E-state index in [1.165, 1.54) is 0 Å².